The van der Waals surface area contributed by atoms with Crippen LogP contribution < -0.4 is 0 Å². The summed E-state index contributed by atoms with van der Waals surface area (Å²) in [5, 5.41) is 17.1. The Morgan fingerprint density at radius 3 is 2.48 bits per heavy atom. The molecule has 0 bridgehead atoms. The zero-order valence-corrected chi connectivity index (χ0v) is 11.5. The molecule has 0 unspecified atom stereocenters. The van der Waals surface area contributed by atoms with E-state index < -0.39 is 5.97 Å². The first-order valence-electron chi connectivity index (χ1n) is 6.16. The SMILES string of the molecule is O=C(O)c1cnnn1-c1ccc(-c2ccccc2Cl)cc1. The number of carboxylic acid groups (broad SMARTS) is 1. The van der Waals surface area contributed by atoms with Gasteiger partial charge in [0.1, 0.15) is 0 Å². The molecular weight excluding hydrogens is 290 g/mol. The largest absolute Gasteiger partial charge is 0.476 e. The van der Waals surface area contributed by atoms with Crippen LogP contribution in [0.5, 0.6) is 0 Å². The van der Waals surface area contributed by atoms with Crippen molar-refractivity contribution >= 4 is 17.6 Å². The summed E-state index contributed by atoms with van der Waals surface area (Å²) in [6, 6.07) is 14.8. The summed E-state index contributed by atoms with van der Waals surface area (Å²) in [6.07, 6.45) is 1.21. The maximum Gasteiger partial charge on any atom is 0.356 e. The summed E-state index contributed by atoms with van der Waals surface area (Å²) in [5.41, 5.74) is 2.50. The molecule has 0 aliphatic carbocycles. The number of aromatic nitrogens is 3. The molecule has 1 N–H and O–H groups in total. The Balaban J connectivity index is 2.00. The molecule has 0 aliphatic heterocycles. The number of carbonyl (C=O) groups is 1. The van der Waals surface area contributed by atoms with Crippen molar-refractivity contribution in [1.29, 1.82) is 0 Å². The Kier molecular flexibility index (Phi) is 3.41. The molecule has 1 aromatic heterocycles. The van der Waals surface area contributed by atoms with Crippen molar-refractivity contribution in [2.24, 2.45) is 0 Å². The number of benzene rings is 2. The predicted octanol–water partition coefficient (Wildman–Crippen LogP) is 3.29. The van der Waals surface area contributed by atoms with Crippen LogP contribution in [-0.4, -0.2) is 26.1 Å². The predicted molar refractivity (Wildman–Crippen MR) is 78.8 cm³/mol. The lowest BCUT2D eigenvalue weighted by Crippen LogP contribution is -2.07. The molecule has 0 atom stereocenters. The molecule has 0 spiro atoms. The smallest absolute Gasteiger partial charge is 0.356 e. The Hall–Kier alpha value is -2.66. The molecule has 0 aliphatic rings. The Labute approximate surface area is 125 Å². The first kappa shape index (κ1) is 13.3. The van der Waals surface area contributed by atoms with Gasteiger partial charge in [0.25, 0.3) is 0 Å². The third-order valence-corrected chi connectivity index (χ3v) is 3.39. The highest BCUT2D eigenvalue weighted by atomic mass is 35.5. The Morgan fingerprint density at radius 1 is 1.10 bits per heavy atom. The highest BCUT2D eigenvalue weighted by Crippen LogP contribution is 2.28. The summed E-state index contributed by atoms with van der Waals surface area (Å²) in [6.45, 7) is 0. The second kappa shape index (κ2) is 5.38. The van der Waals surface area contributed by atoms with Gasteiger partial charge in [-0.3, -0.25) is 0 Å². The van der Waals surface area contributed by atoms with E-state index in [4.69, 9.17) is 16.7 Å². The van der Waals surface area contributed by atoms with Crippen molar-refractivity contribution < 1.29 is 9.90 Å². The van der Waals surface area contributed by atoms with E-state index in [1.807, 2.05) is 36.4 Å². The standard InChI is InChI=1S/C15H10ClN3O2/c16-13-4-2-1-3-12(13)10-5-7-11(8-6-10)19-14(15(20)21)9-17-18-19/h1-9H,(H,20,21). The number of halogens is 1. The van der Waals surface area contributed by atoms with Crippen molar-refractivity contribution in [2.75, 3.05) is 0 Å². The van der Waals surface area contributed by atoms with Crippen LogP contribution in [0.3, 0.4) is 0 Å². The van der Waals surface area contributed by atoms with Gasteiger partial charge in [-0.1, -0.05) is 47.1 Å². The van der Waals surface area contributed by atoms with Gasteiger partial charge in [0.05, 0.1) is 11.9 Å². The van der Waals surface area contributed by atoms with Crippen molar-refractivity contribution in [3.8, 4) is 16.8 Å². The number of aromatic carboxylic acids is 1. The van der Waals surface area contributed by atoms with Gasteiger partial charge in [0.15, 0.2) is 5.69 Å². The number of nitrogens with zero attached hydrogens (tertiary/aromatic N) is 3. The molecule has 1 heterocycles. The highest BCUT2D eigenvalue weighted by Gasteiger charge is 2.13. The van der Waals surface area contributed by atoms with Crippen LogP contribution in [0.1, 0.15) is 10.5 Å². The van der Waals surface area contributed by atoms with Gasteiger partial charge in [-0.05, 0) is 23.8 Å². The average Bonchev–Trinajstić information content (AvgIpc) is 2.98. The number of rotatable bonds is 3. The number of hydrogen-bond donors (Lipinski definition) is 1. The Bertz CT molecular complexity index is 797. The van der Waals surface area contributed by atoms with E-state index in [-0.39, 0.29) is 5.69 Å². The molecule has 0 fully saturated rings. The molecule has 0 amide bonds. The molecule has 0 saturated carbocycles. The van der Waals surface area contributed by atoms with Crippen molar-refractivity contribution in [3.63, 3.8) is 0 Å². The van der Waals surface area contributed by atoms with E-state index in [1.54, 1.807) is 12.1 Å². The number of hydrogen-bond acceptors (Lipinski definition) is 3. The maximum atomic E-state index is 11.1. The van der Waals surface area contributed by atoms with Crippen LogP contribution in [0.25, 0.3) is 16.8 Å². The lowest BCUT2D eigenvalue weighted by atomic mass is 10.1. The summed E-state index contributed by atoms with van der Waals surface area (Å²) >= 11 is 6.16. The molecule has 0 radical (unpaired) electrons. The van der Waals surface area contributed by atoms with Gasteiger partial charge in [-0.25, -0.2) is 9.48 Å². The van der Waals surface area contributed by atoms with E-state index >= 15 is 0 Å². The van der Waals surface area contributed by atoms with E-state index in [9.17, 15) is 4.79 Å². The second-order valence-corrected chi connectivity index (χ2v) is 4.77. The monoisotopic (exact) mass is 299 g/mol. The number of carboxylic acids is 1. The van der Waals surface area contributed by atoms with Crippen molar-refractivity contribution in [3.05, 3.63) is 65.4 Å². The van der Waals surface area contributed by atoms with E-state index in [0.717, 1.165) is 11.1 Å². The third-order valence-electron chi connectivity index (χ3n) is 3.07. The first-order valence-corrected chi connectivity index (χ1v) is 6.54. The van der Waals surface area contributed by atoms with Gasteiger partial charge < -0.3 is 5.11 Å². The van der Waals surface area contributed by atoms with E-state index in [2.05, 4.69) is 10.3 Å². The van der Waals surface area contributed by atoms with E-state index in [0.29, 0.717) is 10.7 Å². The quantitative estimate of drug-likeness (QED) is 0.806. The molecule has 0 saturated heterocycles. The molecule has 3 aromatic rings. The summed E-state index contributed by atoms with van der Waals surface area (Å²) < 4.78 is 1.28. The maximum absolute atomic E-state index is 11.1. The van der Waals surface area contributed by atoms with Gasteiger partial charge in [0, 0.05) is 10.6 Å². The van der Waals surface area contributed by atoms with Crippen LogP contribution in [0.4, 0.5) is 0 Å². The summed E-state index contributed by atoms with van der Waals surface area (Å²) in [7, 11) is 0. The summed E-state index contributed by atoms with van der Waals surface area (Å²) in [5.74, 6) is -1.07. The van der Waals surface area contributed by atoms with E-state index in [1.165, 1.54) is 10.9 Å². The zero-order chi connectivity index (χ0) is 14.8. The minimum absolute atomic E-state index is 0.0143. The first-order chi connectivity index (χ1) is 10.2. The van der Waals surface area contributed by atoms with Gasteiger partial charge in [0.2, 0.25) is 0 Å². The van der Waals surface area contributed by atoms with Crippen LogP contribution >= 0.6 is 11.6 Å². The molecule has 104 valence electrons. The fourth-order valence-corrected chi connectivity index (χ4v) is 2.29. The van der Waals surface area contributed by atoms with Gasteiger partial charge in [-0.2, -0.15) is 0 Å². The molecular formula is C15H10ClN3O2. The molecule has 5 nitrogen and oxygen atoms in total. The van der Waals surface area contributed by atoms with Crippen LogP contribution in [0, 0.1) is 0 Å². The third kappa shape index (κ3) is 2.51. The van der Waals surface area contributed by atoms with Crippen LogP contribution in [-0.2, 0) is 0 Å². The van der Waals surface area contributed by atoms with Crippen LogP contribution in [0.15, 0.2) is 54.7 Å². The second-order valence-electron chi connectivity index (χ2n) is 4.36. The zero-order valence-electron chi connectivity index (χ0n) is 10.8. The average molecular weight is 300 g/mol. The lowest BCUT2D eigenvalue weighted by Gasteiger charge is -2.07. The minimum atomic E-state index is -1.07. The molecule has 6 heteroatoms. The Morgan fingerprint density at radius 2 is 1.81 bits per heavy atom. The van der Waals surface area contributed by atoms with Gasteiger partial charge in [-0.15, -0.1) is 5.10 Å². The lowest BCUT2D eigenvalue weighted by molar-refractivity contribution is 0.0687. The van der Waals surface area contributed by atoms with Gasteiger partial charge >= 0.3 is 5.97 Å². The fraction of sp³-hybridized carbons (Fsp3) is 0. The van der Waals surface area contributed by atoms with Crippen molar-refractivity contribution in [2.45, 2.75) is 0 Å². The van der Waals surface area contributed by atoms with Crippen molar-refractivity contribution in [1.82, 2.24) is 15.0 Å². The molecule has 3 rings (SSSR count). The topological polar surface area (TPSA) is 68.0 Å². The van der Waals surface area contributed by atoms with Crippen LogP contribution in [0.2, 0.25) is 5.02 Å². The highest BCUT2D eigenvalue weighted by molar-refractivity contribution is 6.33. The molecule has 21 heavy (non-hydrogen) atoms. The fourth-order valence-electron chi connectivity index (χ4n) is 2.05. The minimum Gasteiger partial charge on any atom is -0.476 e. The molecule has 2 aromatic carbocycles. The summed E-state index contributed by atoms with van der Waals surface area (Å²) in [4.78, 5) is 11.1. The normalized spacial score (nSPS) is 10.5.